The Bertz CT molecular complexity index is 1040. The highest BCUT2D eigenvalue weighted by Crippen LogP contribution is 2.27. The van der Waals surface area contributed by atoms with Gasteiger partial charge in [0, 0.05) is 33.2 Å². The van der Waals surface area contributed by atoms with E-state index in [0.717, 1.165) is 21.8 Å². The van der Waals surface area contributed by atoms with Crippen molar-refractivity contribution >= 4 is 45.0 Å². The summed E-state index contributed by atoms with van der Waals surface area (Å²) in [5, 5.41) is 20.5. The summed E-state index contributed by atoms with van der Waals surface area (Å²) < 4.78 is 10.8. The topological polar surface area (TPSA) is 84.7 Å². The van der Waals surface area contributed by atoms with E-state index in [-0.39, 0.29) is 26.4 Å². The first-order valence-corrected chi connectivity index (χ1v) is 9.94. The molecule has 2 aromatic heterocycles. The van der Waals surface area contributed by atoms with Gasteiger partial charge in [-0.15, -0.1) is 0 Å². The van der Waals surface area contributed by atoms with Crippen molar-refractivity contribution < 1.29 is 19.7 Å². The molecule has 0 amide bonds. The summed E-state index contributed by atoms with van der Waals surface area (Å²) in [6.45, 7) is 0.554. The lowest BCUT2D eigenvalue weighted by Crippen LogP contribution is -2.02. The molecule has 0 aliphatic heterocycles. The van der Waals surface area contributed by atoms with Gasteiger partial charge in [-0.25, -0.2) is 0 Å². The molecular formula is C22H20Cl2N2O4. The highest BCUT2D eigenvalue weighted by molar-refractivity contribution is 6.31. The number of rotatable bonds is 6. The molecule has 4 rings (SSSR count). The number of fused-ring (bicyclic) bond motifs is 2. The second-order valence-electron chi connectivity index (χ2n) is 6.09. The molecule has 0 saturated heterocycles. The van der Waals surface area contributed by atoms with Gasteiger partial charge in [-0.1, -0.05) is 23.2 Å². The highest BCUT2D eigenvalue weighted by atomic mass is 35.5. The summed E-state index contributed by atoms with van der Waals surface area (Å²) >= 11 is 11.7. The third-order valence-corrected chi connectivity index (χ3v) is 4.50. The molecule has 0 bridgehead atoms. The van der Waals surface area contributed by atoms with Crippen LogP contribution in [0.25, 0.3) is 21.8 Å². The number of nitrogens with zero attached hydrogens (tertiary/aromatic N) is 2. The van der Waals surface area contributed by atoms with Crippen molar-refractivity contribution in [1.29, 1.82) is 0 Å². The summed E-state index contributed by atoms with van der Waals surface area (Å²) in [5.41, 5.74) is 1.58. The number of hydrogen-bond acceptors (Lipinski definition) is 6. The number of pyridine rings is 2. The van der Waals surface area contributed by atoms with Crippen molar-refractivity contribution in [2.75, 3.05) is 26.4 Å². The van der Waals surface area contributed by atoms with Crippen LogP contribution in [0.2, 0.25) is 10.0 Å². The van der Waals surface area contributed by atoms with Gasteiger partial charge in [0.15, 0.2) is 0 Å². The molecule has 0 aliphatic carbocycles. The number of halogens is 2. The van der Waals surface area contributed by atoms with E-state index in [2.05, 4.69) is 9.97 Å². The second kappa shape index (κ2) is 10.9. The lowest BCUT2D eigenvalue weighted by molar-refractivity contribution is 0.202. The van der Waals surface area contributed by atoms with Gasteiger partial charge in [0.25, 0.3) is 0 Å². The van der Waals surface area contributed by atoms with E-state index in [1.54, 1.807) is 48.8 Å². The first kappa shape index (κ1) is 22.1. The Labute approximate surface area is 183 Å². The van der Waals surface area contributed by atoms with Crippen LogP contribution in [0.15, 0.2) is 60.9 Å². The summed E-state index contributed by atoms with van der Waals surface area (Å²) in [7, 11) is 0. The summed E-state index contributed by atoms with van der Waals surface area (Å²) in [6.07, 6.45) is 3.32. The van der Waals surface area contributed by atoms with Crippen LogP contribution >= 0.6 is 23.2 Å². The summed E-state index contributed by atoms with van der Waals surface area (Å²) in [5.74, 6) is 1.43. The van der Waals surface area contributed by atoms with Crippen LogP contribution in [0.5, 0.6) is 11.5 Å². The first-order chi connectivity index (χ1) is 14.6. The number of hydrogen-bond donors (Lipinski definition) is 2. The molecule has 156 valence electrons. The number of ether oxygens (including phenoxy) is 2. The maximum Gasteiger partial charge on any atom is 0.130 e. The number of aliphatic hydroxyl groups is 2. The fourth-order valence-corrected chi connectivity index (χ4v) is 3.09. The Morgan fingerprint density at radius 3 is 1.50 bits per heavy atom. The average molecular weight is 447 g/mol. The Morgan fingerprint density at radius 1 is 0.667 bits per heavy atom. The number of aromatic nitrogens is 2. The van der Waals surface area contributed by atoms with Gasteiger partial charge in [0.2, 0.25) is 0 Å². The van der Waals surface area contributed by atoms with E-state index in [1.807, 2.05) is 12.1 Å². The monoisotopic (exact) mass is 446 g/mol. The van der Waals surface area contributed by atoms with Crippen LogP contribution in [0, 0.1) is 0 Å². The zero-order valence-electron chi connectivity index (χ0n) is 16.0. The fourth-order valence-electron chi connectivity index (χ4n) is 2.75. The Hall–Kier alpha value is -2.64. The SMILES string of the molecule is OCCOc1ccnc2cc(Cl)ccc12.OCCOc1ccnc2cc(Cl)ccc12. The van der Waals surface area contributed by atoms with E-state index in [4.69, 9.17) is 42.9 Å². The number of benzene rings is 2. The molecular weight excluding hydrogens is 427 g/mol. The Kier molecular flexibility index (Phi) is 8.04. The Morgan fingerprint density at radius 2 is 1.10 bits per heavy atom. The molecule has 8 heteroatoms. The lowest BCUT2D eigenvalue weighted by Gasteiger charge is -2.07. The minimum Gasteiger partial charge on any atom is -0.490 e. The smallest absolute Gasteiger partial charge is 0.130 e. The van der Waals surface area contributed by atoms with Crippen LogP contribution in [0.3, 0.4) is 0 Å². The third-order valence-electron chi connectivity index (χ3n) is 4.03. The van der Waals surface area contributed by atoms with E-state index < -0.39 is 0 Å². The van der Waals surface area contributed by atoms with E-state index >= 15 is 0 Å². The van der Waals surface area contributed by atoms with Gasteiger partial charge >= 0.3 is 0 Å². The molecule has 0 atom stereocenters. The average Bonchev–Trinajstić information content (AvgIpc) is 2.76. The molecule has 0 fully saturated rings. The van der Waals surface area contributed by atoms with Gasteiger partial charge in [-0.3, -0.25) is 9.97 Å². The minimum atomic E-state index is -0.00257. The van der Waals surface area contributed by atoms with Gasteiger partial charge in [0.1, 0.15) is 24.7 Å². The van der Waals surface area contributed by atoms with Crippen LogP contribution < -0.4 is 9.47 Å². The Balaban J connectivity index is 0.000000171. The normalized spacial score (nSPS) is 10.5. The lowest BCUT2D eigenvalue weighted by atomic mass is 10.2. The van der Waals surface area contributed by atoms with Crippen molar-refractivity contribution in [3.05, 3.63) is 71.0 Å². The van der Waals surface area contributed by atoms with Crippen LogP contribution in [-0.2, 0) is 0 Å². The molecule has 0 radical (unpaired) electrons. The molecule has 4 aromatic rings. The zero-order chi connectivity index (χ0) is 21.3. The van der Waals surface area contributed by atoms with Crippen molar-refractivity contribution in [1.82, 2.24) is 9.97 Å². The van der Waals surface area contributed by atoms with E-state index in [9.17, 15) is 0 Å². The zero-order valence-corrected chi connectivity index (χ0v) is 17.5. The van der Waals surface area contributed by atoms with E-state index in [1.165, 1.54) is 0 Å². The predicted octanol–water partition coefficient (Wildman–Crippen LogP) is 4.52. The molecule has 0 saturated carbocycles. The van der Waals surface area contributed by atoms with Crippen LogP contribution in [0.4, 0.5) is 0 Å². The molecule has 0 unspecified atom stereocenters. The minimum absolute atomic E-state index is 0.00257. The van der Waals surface area contributed by atoms with Gasteiger partial charge in [-0.2, -0.15) is 0 Å². The van der Waals surface area contributed by atoms with Gasteiger partial charge in [0.05, 0.1) is 24.2 Å². The standard InChI is InChI=1S/2C11H10ClNO2/c2*12-8-1-2-9-10(7-8)13-4-3-11(9)15-6-5-14/h2*1-4,7,14H,5-6H2. The van der Waals surface area contributed by atoms with Crippen molar-refractivity contribution in [3.8, 4) is 11.5 Å². The quantitative estimate of drug-likeness (QED) is 0.452. The maximum atomic E-state index is 8.68. The molecule has 2 aromatic carbocycles. The van der Waals surface area contributed by atoms with Crippen molar-refractivity contribution in [3.63, 3.8) is 0 Å². The molecule has 2 heterocycles. The highest BCUT2D eigenvalue weighted by Gasteiger charge is 2.04. The molecule has 2 N–H and O–H groups in total. The predicted molar refractivity (Wildman–Crippen MR) is 119 cm³/mol. The maximum absolute atomic E-state index is 8.68. The number of aliphatic hydroxyl groups excluding tert-OH is 2. The summed E-state index contributed by atoms with van der Waals surface area (Å²) in [6, 6.07) is 14.4. The first-order valence-electron chi connectivity index (χ1n) is 9.18. The molecule has 30 heavy (non-hydrogen) atoms. The van der Waals surface area contributed by atoms with Gasteiger partial charge in [-0.05, 0) is 48.5 Å². The third kappa shape index (κ3) is 5.70. The van der Waals surface area contributed by atoms with Crippen LogP contribution in [-0.4, -0.2) is 46.6 Å². The van der Waals surface area contributed by atoms with Crippen molar-refractivity contribution in [2.45, 2.75) is 0 Å². The molecule has 0 spiro atoms. The molecule has 6 nitrogen and oxygen atoms in total. The van der Waals surface area contributed by atoms with Gasteiger partial charge < -0.3 is 19.7 Å². The second-order valence-corrected chi connectivity index (χ2v) is 6.96. The van der Waals surface area contributed by atoms with E-state index in [0.29, 0.717) is 21.5 Å². The van der Waals surface area contributed by atoms with Crippen molar-refractivity contribution in [2.24, 2.45) is 0 Å². The fraction of sp³-hybridized carbons (Fsp3) is 0.182. The molecule has 0 aliphatic rings. The largest absolute Gasteiger partial charge is 0.490 e. The van der Waals surface area contributed by atoms with Crippen LogP contribution in [0.1, 0.15) is 0 Å². The summed E-state index contributed by atoms with van der Waals surface area (Å²) in [4.78, 5) is 8.37.